The Hall–Kier alpha value is -8.13. The minimum atomic E-state index is -2.17. The number of hydrogen-bond acceptors (Lipinski definition) is 23. The van der Waals surface area contributed by atoms with Gasteiger partial charge in [-0.25, -0.2) is 19.2 Å². The van der Waals surface area contributed by atoms with E-state index < -0.39 is 158 Å². The molecule has 6 aliphatic carbocycles. The van der Waals surface area contributed by atoms with Crippen molar-refractivity contribution in [2.75, 3.05) is 18.5 Å². The van der Waals surface area contributed by atoms with Gasteiger partial charge in [0.1, 0.15) is 41.7 Å². The molecule has 18 atom stereocenters. The summed E-state index contributed by atoms with van der Waals surface area (Å²) in [6.07, 6.45) is -14.4. The molecular weight excluding hydrogens is 1240 g/mol. The SMILES string of the molecule is CC(=O)O[C@@]12CO[C@@H]1C[C@H](O)[C@@]1(C)C(=O)[C@H](O)C3=C(C)[C@@H](O)C[C@@](O)([C@@H](OC(=O)c4ccccc4)C12)C3(C)C.CC(=O)O[C@@]12CO[C@@H]1C[C@H](O)[C@@]1(C)C(=O)[C@H](OC(=O)Nc3ccccc3)C3=C(C)[C@@H](O)C[C@@](O)([C@@H](OC(=O)c4ccccc4)C12)C3(C)C.O=C=Nc1ccccc1. The number of benzene rings is 4. The number of esters is 4. The average Bonchev–Trinajstić information content (AvgIpc) is 0.677. The maximum Gasteiger partial charge on any atom is 0.412 e. The van der Waals surface area contributed by atoms with Crippen LogP contribution < -0.4 is 5.32 Å². The van der Waals surface area contributed by atoms with Crippen LogP contribution in [0.25, 0.3) is 0 Å². The van der Waals surface area contributed by atoms with Crippen molar-refractivity contribution in [3.8, 4) is 0 Å². The lowest BCUT2D eigenvalue weighted by atomic mass is 9.44. The van der Waals surface area contributed by atoms with Crippen LogP contribution >= 0.6 is 0 Å². The molecule has 12 rings (SSSR count). The molecule has 24 nitrogen and oxygen atoms in total. The minimum Gasteiger partial charge on any atom is -0.455 e. The van der Waals surface area contributed by atoms with Gasteiger partial charge in [-0.1, -0.05) is 100 Å². The number of ether oxygens (including phenoxy) is 7. The number of aliphatic imine (C=N–C) groups is 1. The summed E-state index contributed by atoms with van der Waals surface area (Å²) in [5.74, 6) is -7.36. The maximum atomic E-state index is 15.2. The molecule has 8 aliphatic rings. The second-order valence-electron chi connectivity index (χ2n) is 27.8. The topological polar surface area (TPSA) is 367 Å². The molecule has 96 heavy (non-hydrogen) atoms. The standard InChI is InChI=1S/C36H41NO11.C29H36O10.C7H5NO/c1-19-23(39)17-36(44)30(47-31(42)21-12-8-6-9-13-21)28-34(5,24(40)16-25-35(28,18-45-25)48-20(2)38)29(41)27(26(19)33(36,3)4)46-32(43)37-22-14-10-7-11-15-22;1-14-17(31)12-29(36)24(38-25(35)16-9-7-6-8-10-16)22-27(5,23(34)21(33)20(14)26(29,3)4)18(32)11-19-28(22,13-37-19)39-15(2)30;9-6-8-7-4-2-1-3-5-7/h6-15,23-25,27-28,30,39-40,44H,16-18H2,1-5H3,(H,37,43);6-10,17-19,21-22,24,31-33,36H,11-13H2,1-5H3;1-5H/t23-,24-,25+,27+,28?,30-,34+,35-,36+;17-,18-,19+,21+,22?,24-,27+,28-,29+;/m00./s1. The van der Waals surface area contributed by atoms with Crippen LogP contribution in [0.2, 0.25) is 0 Å². The van der Waals surface area contributed by atoms with Gasteiger partial charge in [0.15, 0.2) is 28.9 Å². The monoisotopic (exact) mass is 1330 g/mol. The van der Waals surface area contributed by atoms with Gasteiger partial charge in [0, 0.05) is 56.0 Å². The summed E-state index contributed by atoms with van der Waals surface area (Å²) >= 11 is 0. The van der Waals surface area contributed by atoms with Gasteiger partial charge in [-0.15, -0.1) is 0 Å². The molecule has 512 valence electrons. The van der Waals surface area contributed by atoms with Crippen LogP contribution in [0.1, 0.15) is 116 Å². The van der Waals surface area contributed by atoms with Crippen molar-refractivity contribution in [3.63, 3.8) is 0 Å². The number of ketones is 2. The summed E-state index contributed by atoms with van der Waals surface area (Å²) in [6.45, 7) is 14.5. The Bertz CT molecular complexity index is 3800. The van der Waals surface area contributed by atoms with Crippen molar-refractivity contribution in [1.29, 1.82) is 0 Å². The first-order chi connectivity index (χ1) is 45.1. The van der Waals surface area contributed by atoms with E-state index in [0.29, 0.717) is 16.9 Å². The number of rotatable bonds is 9. The number of fused-ring (bicyclic) bond motifs is 10. The fraction of sp³-hybridized carbons (Fsp3) is 0.500. The van der Waals surface area contributed by atoms with Crippen molar-refractivity contribution < 1.29 is 107 Å². The third kappa shape index (κ3) is 11.4. The Labute approximate surface area is 554 Å². The van der Waals surface area contributed by atoms with Gasteiger partial charge < -0.3 is 68.9 Å². The fourth-order valence-corrected chi connectivity index (χ4v) is 16.7. The van der Waals surface area contributed by atoms with Gasteiger partial charge in [0.05, 0.1) is 77.1 Å². The molecule has 4 aromatic carbocycles. The molecule has 2 heterocycles. The summed E-state index contributed by atoms with van der Waals surface area (Å²) in [6, 6.07) is 33.5. The first kappa shape index (κ1) is 70.7. The number of isocyanates is 1. The first-order valence-electron chi connectivity index (χ1n) is 31.8. The quantitative estimate of drug-likeness (QED) is 0.0310. The number of nitrogens with zero attached hydrogens (tertiary/aromatic N) is 1. The van der Waals surface area contributed by atoms with Crippen LogP contribution in [-0.4, -0.2) is 180 Å². The Morgan fingerprint density at radius 1 is 0.552 bits per heavy atom. The molecule has 0 radical (unpaired) electrons. The highest BCUT2D eigenvalue weighted by atomic mass is 16.6. The lowest BCUT2D eigenvalue weighted by Crippen LogP contribution is -2.81. The lowest BCUT2D eigenvalue weighted by Gasteiger charge is -2.67. The zero-order valence-corrected chi connectivity index (χ0v) is 54.9. The highest BCUT2D eigenvalue weighted by molar-refractivity contribution is 5.97. The van der Waals surface area contributed by atoms with E-state index in [-0.39, 0.29) is 66.7 Å². The van der Waals surface area contributed by atoms with Gasteiger partial charge >= 0.3 is 30.0 Å². The second kappa shape index (κ2) is 26.0. The van der Waals surface area contributed by atoms with Crippen LogP contribution in [0, 0.1) is 33.5 Å². The molecule has 2 saturated heterocycles. The van der Waals surface area contributed by atoms with E-state index in [9.17, 15) is 69.3 Å². The molecule has 2 unspecified atom stereocenters. The van der Waals surface area contributed by atoms with Crippen molar-refractivity contribution in [2.45, 2.75) is 178 Å². The van der Waals surface area contributed by atoms with Gasteiger partial charge in [0.2, 0.25) is 6.08 Å². The molecule has 0 spiro atoms. The highest BCUT2D eigenvalue weighted by Gasteiger charge is 2.80. The van der Waals surface area contributed by atoms with Crippen LogP contribution in [0.5, 0.6) is 0 Å². The smallest absolute Gasteiger partial charge is 0.412 e. The van der Waals surface area contributed by atoms with Crippen LogP contribution in [0.15, 0.2) is 149 Å². The van der Waals surface area contributed by atoms with Crippen molar-refractivity contribution in [2.24, 2.45) is 38.5 Å². The summed E-state index contributed by atoms with van der Waals surface area (Å²) < 4.78 is 41.7. The zero-order chi connectivity index (χ0) is 70.0. The number of aliphatic hydroxyl groups is 7. The molecule has 4 saturated carbocycles. The molecule has 8 N–H and O–H groups in total. The number of anilines is 1. The van der Waals surface area contributed by atoms with Gasteiger partial charge in [0.25, 0.3) is 0 Å². The third-order valence-corrected chi connectivity index (χ3v) is 22.0. The lowest BCUT2D eigenvalue weighted by molar-refractivity contribution is -0.345. The molecule has 24 heteroatoms. The van der Waals surface area contributed by atoms with Gasteiger partial charge in [-0.2, -0.15) is 4.99 Å². The van der Waals surface area contributed by atoms with E-state index in [1.807, 2.05) is 18.2 Å². The zero-order valence-electron chi connectivity index (χ0n) is 54.9. The van der Waals surface area contributed by atoms with Crippen LogP contribution in [0.4, 0.5) is 16.2 Å². The number of Topliss-reactive ketones (excluding diaryl/α,β-unsaturated/α-hetero) is 2. The second-order valence-corrected chi connectivity index (χ2v) is 27.8. The Morgan fingerprint density at radius 2 is 0.938 bits per heavy atom. The van der Waals surface area contributed by atoms with E-state index in [2.05, 4.69) is 10.3 Å². The van der Waals surface area contributed by atoms with Crippen molar-refractivity contribution in [3.05, 3.63) is 155 Å². The predicted octanol–water partition coefficient (Wildman–Crippen LogP) is 6.07. The van der Waals surface area contributed by atoms with Crippen LogP contribution in [-0.2, 0) is 57.1 Å². The number of carbonyl (C=O) groups excluding carboxylic acids is 8. The molecular formula is C72H82N2O22. The Kier molecular flexibility index (Phi) is 19.2. The summed E-state index contributed by atoms with van der Waals surface area (Å²) in [4.78, 5) is 109. The van der Waals surface area contributed by atoms with Crippen molar-refractivity contribution >= 4 is 59.0 Å². The van der Waals surface area contributed by atoms with E-state index in [1.54, 1.807) is 120 Å². The minimum absolute atomic E-state index is 0.0828. The molecule has 4 bridgehead atoms. The maximum absolute atomic E-state index is 15.2. The largest absolute Gasteiger partial charge is 0.455 e. The van der Waals surface area contributed by atoms with Gasteiger partial charge in [-0.05, 0) is 98.5 Å². The molecule has 6 fully saturated rings. The van der Waals surface area contributed by atoms with E-state index in [4.69, 9.17) is 33.2 Å². The number of carbonyl (C=O) groups is 7. The Morgan fingerprint density at radius 3 is 1.33 bits per heavy atom. The first-order valence-corrected chi connectivity index (χ1v) is 31.8. The number of para-hydroxylation sites is 2. The highest BCUT2D eigenvalue weighted by Crippen LogP contribution is 2.66. The number of nitrogens with one attached hydrogen (secondary N) is 1. The van der Waals surface area contributed by atoms with Crippen molar-refractivity contribution in [1.82, 2.24) is 0 Å². The van der Waals surface area contributed by atoms with E-state index >= 15 is 4.79 Å². The number of aliphatic hydroxyl groups excluding tert-OH is 5. The number of hydrogen-bond donors (Lipinski definition) is 8. The molecule has 0 aromatic heterocycles. The van der Waals surface area contributed by atoms with E-state index in [0.717, 1.165) is 0 Å². The summed E-state index contributed by atoms with van der Waals surface area (Å²) in [7, 11) is 0. The molecule has 2 aliphatic heterocycles. The molecule has 4 aromatic rings. The van der Waals surface area contributed by atoms with Crippen LogP contribution in [0.3, 0.4) is 0 Å². The third-order valence-electron chi connectivity index (χ3n) is 22.0. The fourth-order valence-electron chi connectivity index (χ4n) is 16.7. The molecule has 1 amide bonds. The number of amides is 1. The normalized spacial score (nSPS) is 36.4. The summed E-state index contributed by atoms with van der Waals surface area (Å²) in [5, 5.41) is 85.8. The van der Waals surface area contributed by atoms with E-state index in [1.165, 1.54) is 58.0 Å². The van der Waals surface area contributed by atoms with Gasteiger partial charge in [-0.3, -0.25) is 24.5 Å². The summed E-state index contributed by atoms with van der Waals surface area (Å²) in [5.41, 5.74) is -11.9. The predicted molar refractivity (Wildman–Crippen MR) is 339 cm³/mol. The average molecular weight is 1330 g/mol. The Balaban J connectivity index is 0.000000187.